The summed E-state index contributed by atoms with van der Waals surface area (Å²) in [5, 5.41) is 0. The third kappa shape index (κ3) is 3.19. The topological polar surface area (TPSA) is 64.7 Å². The predicted octanol–water partition coefficient (Wildman–Crippen LogP) is 2.54. The van der Waals surface area contributed by atoms with Crippen LogP contribution in [0.25, 0.3) is 0 Å². The maximum absolute atomic E-state index is 11.2. The SMILES string of the molecule is COc1ccc(C=Nc2ccccc2C(N)=O)cc1. The lowest BCUT2D eigenvalue weighted by molar-refractivity contribution is 0.100. The van der Waals surface area contributed by atoms with Crippen molar-refractivity contribution in [2.75, 3.05) is 7.11 Å². The molecule has 2 rings (SSSR count). The van der Waals surface area contributed by atoms with Gasteiger partial charge in [-0.25, -0.2) is 0 Å². The first-order chi connectivity index (χ1) is 9.20. The summed E-state index contributed by atoms with van der Waals surface area (Å²) in [6.45, 7) is 0. The first kappa shape index (κ1) is 12.8. The average molecular weight is 254 g/mol. The molecule has 0 aliphatic carbocycles. The number of rotatable bonds is 4. The molecule has 0 aliphatic rings. The Bertz CT molecular complexity index is 604. The van der Waals surface area contributed by atoms with Crippen molar-refractivity contribution in [3.8, 4) is 5.75 Å². The number of carbonyl (C=O) groups excluding carboxylic acids is 1. The van der Waals surface area contributed by atoms with Gasteiger partial charge in [0.15, 0.2) is 0 Å². The van der Waals surface area contributed by atoms with E-state index in [1.807, 2.05) is 30.3 Å². The molecule has 96 valence electrons. The number of para-hydroxylation sites is 1. The molecule has 0 unspecified atom stereocenters. The Morgan fingerprint density at radius 2 is 1.84 bits per heavy atom. The fourth-order valence-corrected chi connectivity index (χ4v) is 1.63. The summed E-state index contributed by atoms with van der Waals surface area (Å²) in [5.74, 6) is 0.303. The lowest BCUT2D eigenvalue weighted by atomic mass is 10.1. The number of amides is 1. The minimum atomic E-state index is -0.484. The minimum absolute atomic E-state index is 0.410. The smallest absolute Gasteiger partial charge is 0.250 e. The zero-order valence-corrected chi connectivity index (χ0v) is 10.5. The van der Waals surface area contributed by atoms with Crippen LogP contribution >= 0.6 is 0 Å². The van der Waals surface area contributed by atoms with Crippen molar-refractivity contribution in [1.29, 1.82) is 0 Å². The van der Waals surface area contributed by atoms with E-state index in [1.54, 1.807) is 31.5 Å². The van der Waals surface area contributed by atoms with E-state index in [0.29, 0.717) is 11.3 Å². The summed E-state index contributed by atoms with van der Waals surface area (Å²) in [4.78, 5) is 15.5. The molecule has 0 spiro atoms. The van der Waals surface area contributed by atoms with Crippen LogP contribution in [0.4, 0.5) is 5.69 Å². The van der Waals surface area contributed by atoms with Crippen molar-refractivity contribution in [2.45, 2.75) is 0 Å². The highest BCUT2D eigenvalue weighted by Crippen LogP contribution is 2.18. The van der Waals surface area contributed by atoms with Crippen LogP contribution < -0.4 is 10.5 Å². The van der Waals surface area contributed by atoms with Crippen molar-refractivity contribution in [3.63, 3.8) is 0 Å². The first-order valence-electron chi connectivity index (χ1n) is 5.77. The van der Waals surface area contributed by atoms with E-state index in [0.717, 1.165) is 11.3 Å². The Kier molecular flexibility index (Phi) is 3.93. The number of aliphatic imine (C=N–C) groups is 1. The zero-order chi connectivity index (χ0) is 13.7. The Labute approximate surface area is 111 Å². The number of carbonyl (C=O) groups is 1. The monoisotopic (exact) mass is 254 g/mol. The van der Waals surface area contributed by atoms with Gasteiger partial charge in [-0.15, -0.1) is 0 Å². The number of ether oxygens (including phenoxy) is 1. The highest BCUT2D eigenvalue weighted by Gasteiger charge is 2.04. The molecule has 0 fully saturated rings. The van der Waals surface area contributed by atoms with Crippen LogP contribution in [0.15, 0.2) is 53.5 Å². The summed E-state index contributed by atoms with van der Waals surface area (Å²) < 4.78 is 5.08. The summed E-state index contributed by atoms with van der Waals surface area (Å²) in [6.07, 6.45) is 1.68. The lowest BCUT2D eigenvalue weighted by Gasteiger charge is -2.01. The molecule has 0 aromatic heterocycles. The molecule has 0 saturated carbocycles. The van der Waals surface area contributed by atoms with Gasteiger partial charge in [0, 0.05) is 6.21 Å². The van der Waals surface area contributed by atoms with Gasteiger partial charge in [-0.2, -0.15) is 0 Å². The van der Waals surface area contributed by atoms with Gasteiger partial charge in [-0.05, 0) is 42.0 Å². The summed E-state index contributed by atoms with van der Waals surface area (Å²) in [7, 11) is 1.62. The standard InChI is InChI=1S/C15H14N2O2/c1-19-12-8-6-11(7-9-12)10-17-14-5-3-2-4-13(14)15(16)18/h2-10H,1H3,(H2,16,18). The molecular formula is C15H14N2O2. The predicted molar refractivity (Wildman–Crippen MR) is 75.2 cm³/mol. The van der Waals surface area contributed by atoms with Gasteiger partial charge in [0.1, 0.15) is 5.75 Å². The molecule has 2 aromatic rings. The summed E-state index contributed by atoms with van der Waals surface area (Å²) in [5.41, 5.74) is 7.18. The molecule has 0 atom stereocenters. The van der Waals surface area contributed by atoms with Crippen LogP contribution in [0.1, 0.15) is 15.9 Å². The Balaban J connectivity index is 2.24. The van der Waals surface area contributed by atoms with E-state index < -0.39 is 5.91 Å². The average Bonchev–Trinajstić information content (AvgIpc) is 2.46. The van der Waals surface area contributed by atoms with Gasteiger partial charge >= 0.3 is 0 Å². The number of hydrogen-bond donors (Lipinski definition) is 1. The van der Waals surface area contributed by atoms with Crippen LogP contribution in [0.5, 0.6) is 5.75 Å². The van der Waals surface area contributed by atoms with Crippen molar-refractivity contribution < 1.29 is 9.53 Å². The van der Waals surface area contributed by atoms with E-state index in [4.69, 9.17) is 10.5 Å². The molecule has 2 N–H and O–H groups in total. The second-order valence-corrected chi connectivity index (χ2v) is 3.91. The largest absolute Gasteiger partial charge is 0.497 e. The third-order valence-corrected chi connectivity index (χ3v) is 2.64. The van der Waals surface area contributed by atoms with Gasteiger partial charge in [-0.3, -0.25) is 9.79 Å². The van der Waals surface area contributed by atoms with Crippen LogP contribution in [-0.4, -0.2) is 19.2 Å². The van der Waals surface area contributed by atoms with E-state index in [-0.39, 0.29) is 0 Å². The highest BCUT2D eigenvalue weighted by atomic mass is 16.5. The Morgan fingerprint density at radius 3 is 2.47 bits per heavy atom. The van der Waals surface area contributed by atoms with Crippen molar-refractivity contribution >= 4 is 17.8 Å². The van der Waals surface area contributed by atoms with Crippen LogP contribution in [-0.2, 0) is 0 Å². The van der Waals surface area contributed by atoms with Gasteiger partial charge in [-0.1, -0.05) is 12.1 Å². The lowest BCUT2D eigenvalue weighted by Crippen LogP contribution is -2.10. The molecule has 0 aliphatic heterocycles. The Morgan fingerprint density at radius 1 is 1.16 bits per heavy atom. The van der Waals surface area contributed by atoms with Gasteiger partial charge in [0.2, 0.25) is 0 Å². The van der Waals surface area contributed by atoms with E-state index in [2.05, 4.69) is 4.99 Å². The second kappa shape index (κ2) is 5.82. The summed E-state index contributed by atoms with van der Waals surface area (Å²) in [6, 6.07) is 14.4. The summed E-state index contributed by atoms with van der Waals surface area (Å²) >= 11 is 0. The van der Waals surface area contributed by atoms with Crippen molar-refractivity contribution in [3.05, 3.63) is 59.7 Å². The second-order valence-electron chi connectivity index (χ2n) is 3.91. The molecule has 2 aromatic carbocycles. The molecule has 0 heterocycles. The van der Waals surface area contributed by atoms with Crippen LogP contribution in [0.3, 0.4) is 0 Å². The number of nitrogens with two attached hydrogens (primary N) is 1. The maximum atomic E-state index is 11.2. The number of methoxy groups -OCH3 is 1. The fourth-order valence-electron chi connectivity index (χ4n) is 1.63. The zero-order valence-electron chi connectivity index (χ0n) is 10.5. The maximum Gasteiger partial charge on any atom is 0.250 e. The number of hydrogen-bond acceptors (Lipinski definition) is 3. The Hall–Kier alpha value is -2.62. The quantitative estimate of drug-likeness (QED) is 0.852. The molecule has 4 nitrogen and oxygen atoms in total. The normalized spacial score (nSPS) is 10.6. The molecule has 0 saturated heterocycles. The van der Waals surface area contributed by atoms with E-state index in [9.17, 15) is 4.79 Å². The fraction of sp³-hybridized carbons (Fsp3) is 0.0667. The molecule has 4 heteroatoms. The molecule has 1 amide bonds. The van der Waals surface area contributed by atoms with Gasteiger partial charge in [0.05, 0.1) is 18.4 Å². The van der Waals surface area contributed by atoms with Gasteiger partial charge < -0.3 is 10.5 Å². The van der Waals surface area contributed by atoms with Crippen LogP contribution in [0, 0.1) is 0 Å². The molecule has 0 bridgehead atoms. The van der Waals surface area contributed by atoms with Crippen molar-refractivity contribution in [1.82, 2.24) is 0 Å². The number of benzene rings is 2. The minimum Gasteiger partial charge on any atom is -0.497 e. The molecular weight excluding hydrogens is 240 g/mol. The van der Waals surface area contributed by atoms with Gasteiger partial charge in [0.25, 0.3) is 5.91 Å². The van der Waals surface area contributed by atoms with E-state index in [1.165, 1.54) is 0 Å². The molecule has 0 radical (unpaired) electrons. The molecule has 19 heavy (non-hydrogen) atoms. The number of primary amides is 1. The van der Waals surface area contributed by atoms with Crippen molar-refractivity contribution in [2.24, 2.45) is 10.7 Å². The first-order valence-corrected chi connectivity index (χ1v) is 5.77. The third-order valence-electron chi connectivity index (χ3n) is 2.64. The van der Waals surface area contributed by atoms with Crippen LogP contribution in [0.2, 0.25) is 0 Å². The van der Waals surface area contributed by atoms with E-state index >= 15 is 0 Å². The number of nitrogens with zero attached hydrogens (tertiary/aromatic N) is 1. The highest BCUT2D eigenvalue weighted by molar-refractivity contribution is 5.98.